The molecule has 1 atom stereocenters. The number of para-hydroxylation sites is 1. The van der Waals surface area contributed by atoms with Crippen LogP contribution in [-0.2, 0) is 10.2 Å². The summed E-state index contributed by atoms with van der Waals surface area (Å²) in [4.78, 5) is 25.4. The second-order valence-electron chi connectivity index (χ2n) is 9.79. The van der Waals surface area contributed by atoms with Crippen LogP contribution in [0.3, 0.4) is 0 Å². The van der Waals surface area contributed by atoms with E-state index in [-0.39, 0.29) is 30.1 Å². The average molecular weight is 483 g/mol. The Morgan fingerprint density at radius 1 is 1.06 bits per heavy atom. The van der Waals surface area contributed by atoms with E-state index >= 15 is 0 Å². The van der Waals surface area contributed by atoms with E-state index in [1.807, 2.05) is 44.2 Å². The number of hydrogen-bond donors (Lipinski definition) is 3. The molecule has 2 aromatic carbocycles. The summed E-state index contributed by atoms with van der Waals surface area (Å²) in [7, 11) is 1.56. The first kappa shape index (κ1) is 26.5. The predicted octanol–water partition coefficient (Wildman–Crippen LogP) is 4.44. The number of alkyl carbamates (subject to hydrolysis) is 1. The fourth-order valence-corrected chi connectivity index (χ4v) is 4.90. The maximum atomic E-state index is 13.0. The van der Waals surface area contributed by atoms with E-state index in [0.717, 1.165) is 12.8 Å². The van der Waals surface area contributed by atoms with Gasteiger partial charge in [0.25, 0.3) is 5.91 Å². The van der Waals surface area contributed by atoms with Gasteiger partial charge in [0.2, 0.25) is 0 Å². The molecule has 0 spiro atoms. The van der Waals surface area contributed by atoms with E-state index in [4.69, 9.17) is 9.47 Å². The first-order valence-electron chi connectivity index (χ1n) is 12.4. The molecule has 0 heterocycles. The Morgan fingerprint density at radius 2 is 1.71 bits per heavy atom. The molecule has 1 fully saturated rings. The fourth-order valence-electron chi connectivity index (χ4n) is 4.90. The molecular weight excluding hydrogens is 444 g/mol. The summed E-state index contributed by atoms with van der Waals surface area (Å²) in [5.41, 5.74) is 1.42. The number of carbonyl (C=O) groups excluding carboxylic acids is 2. The summed E-state index contributed by atoms with van der Waals surface area (Å²) >= 11 is 0. The number of aliphatic hydroxyl groups excluding tert-OH is 1. The fraction of sp³-hybridized carbons (Fsp3) is 0.500. The van der Waals surface area contributed by atoms with Crippen molar-refractivity contribution in [3.05, 3.63) is 65.7 Å². The maximum Gasteiger partial charge on any atom is 0.407 e. The summed E-state index contributed by atoms with van der Waals surface area (Å²) in [5, 5.41) is 15.4. The Morgan fingerprint density at radius 3 is 2.34 bits per heavy atom. The highest BCUT2D eigenvalue weighted by atomic mass is 16.6. The number of hydrogen-bond acceptors (Lipinski definition) is 5. The number of methoxy groups -OCH3 is 1. The molecule has 1 aliphatic rings. The normalized spacial score (nSPS) is 20.7. The zero-order valence-electron chi connectivity index (χ0n) is 21.0. The lowest BCUT2D eigenvalue weighted by Crippen LogP contribution is -2.46. The molecule has 0 saturated heterocycles. The molecule has 0 aromatic heterocycles. The van der Waals surface area contributed by atoms with E-state index in [2.05, 4.69) is 22.8 Å². The zero-order valence-corrected chi connectivity index (χ0v) is 21.0. The van der Waals surface area contributed by atoms with E-state index in [1.54, 1.807) is 19.2 Å². The van der Waals surface area contributed by atoms with Crippen molar-refractivity contribution in [2.24, 2.45) is 5.92 Å². The van der Waals surface area contributed by atoms with Crippen LogP contribution in [0, 0.1) is 5.92 Å². The lowest BCUT2D eigenvalue weighted by atomic mass is 9.68. The van der Waals surface area contributed by atoms with E-state index in [1.165, 1.54) is 5.56 Å². The number of nitrogens with one attached hydrogen (secondary N) is 2. The van der Waals surface area contributed by atoms with Crippen LogP contribution in [0.2, 0.25) is 0 Å². The van der Waals surface area contributed by atoms with Crippen molar-refractivity contribution in [1.29, 1.82) is 0 Å². The highest BCUT2D eigenvalue weighted by Crippen LogP contribution is 2.40. The van der Waals surface area contributed by atoms with Crippen LogP contribution < -0.4 is 15.4 Å². The first-order valence-corrected chi connectivity index (χ1v) is 12.4. The molecule has 2 amide bonds. The second kappa shape index (κ2) is 12.6. The van der Waals surface area contributed by atoms with Gasteiger partial charge in [0.1, 0.15) is 11.9 Å². The molecule has 7 heteroatoms. The van der Waals surface area contributed by atoms with Crippen LogP contribution >= 0.6 is 0 Å². The molecule has 0 radical (unpaired) electrons. The van der Waals surface area contributed by atoms with Crippen molar-refractivity contribution in [3.63, 3.8) is 0 Å². The highest BCUT2D eigenvalue weighted by molar-refractivity contribution is 5.97. The van der Waals surface area contributed by atoms with Gasteiger partial charge in [0.05, 0.1) is 25.3 Å². The van der Waals surface area contributed by atoms with E-state index in [0.29, 0.717) is 43.0 Å². The minimum absolute atomic E-state index is 0.110. The van der Waals surface area contributed by atoms with Crippen molar-refractivity contribution in [3.8, 4) is 5.75 Å². The molecule has 1 saturated carbocycles. The third-order valence-electron chi connectivity index (χ3n) is 6.79. The lowest BCUT2D eigenvalue weighted by Gasteiger charge is -2.40. The quantitative estimate of drug-likeness (QED) is 0.465. The molecule has 1 aliphatic carbocycles. The molecule has 0 unspecified atom stereocenters. The minimum Gasteiger partial charge on any atom is -0.496 e. The number of ether oxygens (including phenoxy) is 2. The highest BCUT2D eigenvalue weighted by Gasteiger charge is 2.38. The van der Waals surface area contributed by atoms with Gasteiger partial charge in [-0.15, -0.1) is 0 Å². The van der Waals surface area contributed by atoms with Gasteiger partial charge in [-0.05, 0) is 55.7 Å². The number of amides is 2. The largest absolute Gasteiger partial charge is 0.496 e. The van der Waals surface area contributed by atoms with Crippen LogP contribution in [0.1, 0.15) is 61.9 Å². The van der Waals surface area contributed by atoms with E-state index < -0.39 is 6.09 Å². The van der Waals surface area contributed by atoms with Crippen LogP contribution in [0.4, 0.5) is 4.79 Å². The summed E-state index contributed by atoms with van der Waals surface area (Å²) in [6, 6.07) is 17.1. The zero-order chi connectivity index (χ0) is 25.3. The topological polar surface area (TPSA) is 96.9 Å². The summed E-state index contributed by atoms with van der Waals surface area (Å²) in [6.07, 6.45) is 2.95. The van der Waals surface area contributed by atoms with Crippen molar-refractivity contribution < 1.29 is 24.2 Å². The Balaban J connectivity index is 1.64. The molecular formula is C28H38N2O5. The van der Waals surface area contributed by atoms with Gasteiger partial charge >= 0.3 is 6.09 Å². The van der Waals surface area contributed by atoms with Gasteiger partial charge in [-0.3, -0.25) is 4.79 Å². The standard InChI is InChI=1S/C28H38N2O5/c1-20(2)17-22(18-31)30-27(33)35-23-13-15-28(16-14-23,21-9-5-4-6-10-21)19-29-26(32)24-11-7-8-12-25(24)34-3/h4-12,20,22-23,31H,13-19H2,1-3H3,(H,29,32)(H,30,33)/t22-,23?,28?/m0/s1. The van der Waals surface area contributed by atoms with Crippen molar-refractivity contribution in [1.82, 2.24) is 10.6 Å². The van der Waals surface area contributed by atoms with Crippen molar-refractivity contribution in [2.45, 2.75) is 63.5 Å². The van der Waals surface area contributed by atoms with Crippen molar-refractivity contribution in [2.75, 3.05) is 20.3 Å². The first-order chi connectivity index (χ1) is 16.9. The summed E-state index contributed by atoms with van der Waals surface area (Å²) in [6.45, 7) is 4.47. The molecule has 7 nitrogen and oxygen atoms in total. The molecule has 35 heavy (non-hydrogen) atoms. The Bertz CT molecular complexity index is 955. The maximum absolute atomic E-state index is 13.0. The van der Waals surface area contributed by atoms with Gasteiger partial charge < -0.3 is 25.2 Å². The Kier molecular flexibility index (Phi) is 9.55. The lowest BCUT2D eigenvalue weighted by molar-refractivity contribution is 0.0520. The third kappa shape index (κ3) is 7.21. The Hall–Kier alpha value is -3.06. The van der Waals surface area contributed by atoms with Gasteiger partial charge in [-0.2, -0.15) is 0 Å². The molecule has 3 N–H and O–H groups in total. The van der Waals surface area contributed by atoms with Gasteiger partial charge in [0, 0.05) is 12.0 Å². The van der Waals surface area contributed by atoms with Crippen LogP contribution in [0.25, 0.3) is 0 Å². The monoisotopic (exact) mass is 482 g/mol. The van der Waals surface area contributed by atoms with Gasteiger partial charge in [0.15, 0.2) is 0 Å². The van der Waals surface area contributed by atoms with Gasteiger partial charge in [-0.1, -0.05) is 56.3 Å². The van der Waals surface area contributed by atoms with Crippen molar-refractivity contribution >= 4 is 12.0 Å². The number of carbonyl (C=O) groups is 2. The van der Waals surface area contributed by atoms with Crippen LogP contribution in [-0.4, -0.2) is 49.5 Å². The molecule has 190 valence electrons. The number of benzene rings is 2. The smallest absolute Gasteiger partial charge is 0.407 e. The van der Waals surface area contributed by atoms with Crippen LogP contribution in [0.15, 0.2) is 54.6 Å². The average Bonchev–Trinajstić information content (AvgIpc) is 2.88. The summed E-state index contributed by atoms with van der Waals surface area (Å²) in [5.74, 6) is 0.732. The molecule has 0 aliphatic heterocycles. The number of aliphatic hydroxyl groups is 1. The van der Waals surface area contributed by atoms with Crippen LogP contribution in [0.5, 0.6) is 5.75 Å². The third-order valence-corrected chi connectivity index (χ3v) is 6.79. The second-order valence-corrected chi connectivity index (χ2v) is 9.79. The Labute approximate surface area is 208 Å². The SMILES string of the molecule is COc1ccccc1C(=O)NCC1(c2ccccc2)CCC(OC(=O)N[C@H](CO)CC(C)C)CC1. The molecule has 3 rings (SSSR count). The molecule has 0 bridgehead atoms. The predicted molar refractivity (Wildman–Crippen MR) is 136 cm³/mol. The molecule has 2 aromatic rings. The van der Waals surface area contributed by atoms with E-state index in [9.17, 15) is 14.7 Å². The summed E-state index contributed by atoms with van der Waals surface area (Å²) < 4.78 is 11.0. The number of rotatable bonds is 10. The van der Waals surface area contributed by atoms with Gasteiger partial charge in [-0.25, -0.2) is 4.79 Å². The minimum atomic E-state index is -0.480.